The molecule has 4 nitrogen and oxygen atoms in total. The number of hydrogen-bond donors (Lipinski definition) is 2. The lowest BCUT2D eigenvalue weighted by Gasteiger charge is -2.26. The molecule has 1 saturated carbocycles. The fourth-order valence-corrected chi connectivity index (χ4v) is 5.06. The van der Waals surface area contributed by atoms with Gasteiger partial charge in [0.15, 0.2) is 0 Å². The minimum Gasteiger partial charge on any atom is -0.324 e. The van der Waals surface area contributed by atoms with Crippen molar-refractivity contribution in [3.63, 3.8) is 0 Å². The second-order valence-electron chi connectivity index (χ2n) is 7.23. The quantitative estimate of drug-likeness (QED) is 0.515. The number of anilines is 2. The Bertz CT molecular complexity index is 944. The van der Waals surface area contributed by atoms with E-state index in [2.05, 4.69) is 10.6 Å². The Morgan fingerprint density at radius 2 is 1.14 bits per heavy atom. The number of rotatable bonds is 4. The van der Waals surface area contributed by atoms with Gasteiger partial charge in [-0.1, -0.05) is 58.6 Å². The Kier molecular flexibility index (Phi) is 5.80. The van der Waals surface area contributed by atoms with Gasteiger partial charge in [-0.25, -0.2) is 0 Å². The van der Waals surface area contributed by atoms with Crippen LogP contribution in [0.25, 0.3) is 0 Å². The van der Waals surface area contributed by atoms with Crippen LogP contribution in [0.3, 0.4) is 0 Å². The fourth-order valence-electron chi connectivity index (χ4n) is 4.15. The third-order valence-electron chi connectivity index (χ3n) is 5.44. The number of allylic oxidation sites excluding steroid dienone is 2. The van der Waals surface area contributed by atoms with E-state index < -0.39 is 11.8 Å². The van der Waals surface area contributed by atoms with Gasteiger partial charge in [-0.05, 0) is 54.7 Å². The van der Waals surface area contributed by atoms with E-state index in [1.807, 2.05) is 12.2 Å². The number of hydrogen-bond acceptors (Lipinski definition) is 2. The van der Waals surface area contributed by atoms with Crippen molar-refractivity contribution >= 4 is 69.6 Å². The third-order valence-corrected chi connectivity index (χ3v) is 6.54. The van der Waals surface area contributed by atoms with Gasteiger partial charge in [-0.2, -0.15) is 0 Å². The summed E-state index contributed by atoms with van der Waals surface area (Å²) in [5.41, 5.74) is 0.931. The average molecular weight is 470 g/mol. The first-order chi connectivity index (χ1) is 13.8. The van der Waals surface area contributed by atoms with E-state index in [-0.39, 0.29) is 23.7 Å². The molecule has 0 aromatic heterocycles. The van der Waals surface area contributed by atoms with E-state index in [0.717, 1.165) is 6.42 Å². The zero-order valence-corrected chi connectivity index (χ0v) is 18.0. The van der Waals surface area contributed by atoms with E-state index in [4.69, 9.17) is 46.4 Å². The Balaban J connectivity index is 1.55. The lowest BCUT2D eigenvalue weighted by Crippen LogP contribution is -2.39. The second-order valence-corrected chi connectivity index (χ2v) is 8.91. The monoisotopic (exact) mass is 468 g/mol. The number of benzene rings is 2. The topological polar surface area (TPSA) is 58.2 Å². The molecule has 8 heteroatoms. The van der Waals surface area contributed by atoms with Crippen LogP contribution in [0.15, 0.2) is 48.6 Å². The van der Waals surface area contributed by atoms with Crippen molar-refractivity contribution in [1.82, 2.24) is 0 Å². The van der Waals surface area contributed by atoms with Crippen molar-refractivity contribution in [1.29, 1.82) is 0 Å². The first-order valence-electron chi connectivity index (χ1n) is 9.03. The molecule has 0 spiro atoms. The number of halogens is 4. The lowest BCUT2D eigenvalue weighted by atomic mass is 9.81. The minimum absolute atomic E-state index is 0.00233. The Morgan fingerprint density at radius 3 is 1.52 bits per heavy atom. The van der Waals surface area contributed by atoms with Crippen molar-refractivity contribution in [2.75, 3.05) is 10.6 Å². The molecule has 0 aliphatic heterocycles. The maximum atomic E-state index is 13.1. The summed E-state index contributed by atoms with van der Waals surface area (Å²) in [6, 6.07) is 9.72. The number of carbonyl (C=O) groups is 2. The van der Waals surface area contributed by atoms with Crippen molar-refractivity contribution in [3.05, 3.63) is 68.6 Å². The van der Waals surface area contributed by atoms with Gasteiger partial charge < -0.3 is 10.6 Å². The highest BCUT2D eigenvalue weighted by Crippen LogP contribution is 2.49. The van der Waals surface area contributed by atoms with Crippen molar-refractivity contribution in [2.24, 2.45) is 23.7 Å². The van der Waals surface area contributed by atoms with Crippen LogP contribution in [-0.2, 0) is 9.59 Å². The van der Waals surface area contributed by atoms with Gasteiger partial charge in [0.2, 0.25) is 11.8 Å². The summed E-state index contributed by atoms with van der Waals surface area (Å²) in [5, 5.41) is 7.34. The van der Waals surface area contributed by atoms with Gasteiger partial charge in [0.25, 0.3) is 0 Å². The normalized spacial score (nSPS) is 24.6. The molecule has 0 unspecified atom stereocenters. The SMILES string of the molecule is O=C(Nc1ccc(Cl)cc1Cl)[C@@H]1[C@@H](C(=O)Nc2ccc(Cl)cc2Cl)[C@H]2C=C[C@H]1C2. The molecule has 2 aliphatic rings. The van der Waals surface area contributed by atoms with Crippen LogP contribution < -0.4 is 10.6 Å². The van der Waals surface area contributed by atoms with Crippen LogP contribution in [0.4, 0.5) is 11.4 Å². The van der Waals surface area contributed by atoms with Crippen LogP contribution in [0.1, 0.15) is 6.42 Å². The third kappa shape index (κ3) is 4.13. The molecule has 1 fully saturated rings. The lowest BCUT2D eigenvalue weighted by molar-refractivity contribution is -0.129. The highest BCUT2D eigenvalue weighted by atomic mass is 35.5. The molecule has 0 saturated heterocycles. The molecule has 2 aliphatic carbocycles. The van der Waals surface area contributed by atoms with E-state index in [1.165, 1.54) is 0 Å². The molecular weight excluding hydrogens is 454 g/mol. The van der Waals surface area contributed by atoms with Crippen molar-refractivity contribution < 1.29 is 9.59 Å². The summed E-state index contributed by atoms with van der Waals surface area (Å²) < 4.78 is 0. The first kappa shape index (κ1) is 20.5. The molecule has 2 amide bonds. The maximum Gasteiger partial charge on any atom is 0.228 e. The van der Waals surface area contributed by atoms with E-state index >= 15 is 0 Å². The first-order valence-corrected chi connectivity index (χ1v) is 10.5. The van der Waals surface area contributed by atoms with Crippen LogP contribution in [0.5, 0.6) is 0 Å². The van der Waals surface area contributed by atoms with Crippen LogP contribution in [-0.4, -0.2) is 11.8 Å². The fraction of sp³-hybridized carbons (Fsp3) is 0.238. The molecule has 2 aromatic rings. The number of carbonyl (C=O) groups excluding carboxylic acids is 2. The number of fused-ring (bicyclic) bond motifs is 2. The molecule has 29 heavy (non-hydrogen) atoms. The summed E-state index contributed by atoms with van der Waals surface area (Å²) >= 11 is 24.2. The summed E-state index contributed by atoms with van der Waals surface area (Å²) in [5.74, 6) is -1.47. The molecule has 4 atom stereocenters. The van der Waals surface area contributed by atoms with Crippen LogP contribution in [0, 0.1) is 23.7 Å². The van der Waals surface area contributed by atoms with Crippen molar-refractivity contribution in [3.8, 4) is 0 Å². The molecular formula is C21H16Cl4N2O2. The average Bonchev–Trinajstić information content (AvgIpc) is 3.27. The zero-order valence-electron chi connectivity index (χ0n) is 15.0. The number of nitrogens with one attached hydrogen (secondary N) is 2. The summed E-state index contributed by atoms with van der Waals surface area (Å²) in [4.78, 5) is 26.1. The Morgan fingerprint density at radius 1 is 0.724 bits per heavy atom. The second kappa shape index (κ2) is 8.19. The largest absolute Gasteiger partial charge is 0.324 e. The zero-order chi connectivity index (χ0) is 20.7. The molecule has 0 heterocycles. The standard InChI is InChI=1S/C21H16Cl4N2O2/c22-12-3-5-16(14(24)8-12)26-20(28)18-10-1-2-11(7-10)19(18)21(29)27-17-6-4-13(23)9-15(17)25/h1-6,8-11,18-19H,7H2,(H,26,28)(H,27,29)/t10-,11-,18-,19-/m0/s1. The number of amides is 2. The van der Waals surface area contributed by atoms with Gasteiger partial charge in [0, 0.05) is 10.0 Å². The van der Waals surface area contributed by atoms with Crippen LogP contribution in [0.2, 0.25) is 20.1 Å². The highest BCUT2D eigenvalue weighted by Gasteiger charge is 2.51. The summed E-state index contributed by atoms with van der Waals surface area (Å²) in [6.07, 6.45) is 4.79. The van der Waals surface area contributed by atoms with Crippen LogP contribution >= 0.6 is 46.4 Å². The van der Waals surface area contributed by atoms with Gasteiger partial charge >= 0.3 is 0 Å². The Hall–Kier alpha value is -1.72. The predicted octanol–water partition coefficient (Wildman–Crippen LogP) is 6.32. The van der Waals surface area contributed by atoms with E-state index in [0.29, 0.717) is 31.5 Å². The highest BCUT2D eigenvalue weighted by molar-refractivity contribution is 6.37. The van der Waals surface area contributed by atoms with E-state index in [9.17, 15) is 9.59 Å². The van der Waals surface area contributed by atoms with E-state index in [1.54, 1.807) is 36.4 Å². The minimum atomic E-state index is -0.497. The Labute approximate surface area is 188 Å². The molecule has 2 N–H and O–H groups in total. The molecule has 150 valence electrons. The predicted molar refractivity (Wildman–Crippen MR) is 118 cm³/mol. The maximum absolute atomic E-state index is 13.1. The summed E-state index contributed by atoms with van der Waals surface area (Å²) in [6.45, 7) is 0. The van der Waals surface area contributed by atoms with Crippen molar-refractivity contribution in [2.45, 2.75) is 6.42 Å². The van der Waals surface area contributed by atoms with Gasteiger partial charge in [-0.3, -0.25) is 9.59 Å². The van der Waals surface area contributed by atoms with Gasteiger partial charge in [0.05, 0.1) is 33.3 Å². The van der Waals surface area contributed by atoms with Gasteiger partial charge in [0.1, 0.15) is 0 Å². The van der Waals surface area contributed by atoms with Gasteiger partial charge in [-0.15, -0.1) is 0 Å². The molecule has 0 radical (unpaired) electrons. The molecule has 2 bridgehead atoms. The summed E-state index contributed by atoms with van der Waals surface area (Å²) in [7, 11) is 0. The molecule has 4 rings (SSSR count). The molecule has 2 aromatic carbocycles. The smallest absolute Gasteiger partial charge is 0.228 e.